The molecular formula is C11H21N3. The summed E-state index contributed by atoms with van der Waals surface area (Å²) in [6.07, 6.45) is 2.06. The highest BCUT2D eigenvalue weighted by Crippen LogP contribution is 2.24. The third-order valence-electron chi connectivity index (χ3n) is 2.27. The Morgan fingerprint density at radius 2 is 2.00 bits per heavy atom. The summed E-state index contributed by atoms with van der Waals surface area (Å²) in [5, 5.41) is 4.59. The normalized spacial score (nSPS) is 12.5. The predicted molar refractivity (Wildman–Crippen MR) is 59.2 cm³/mol. The molecule has 80 valence electrons. The monoisotopic (exact) mass is 195 g/mol. The molecule has 2 N–H and O–H groups in total. The molecule has 0 aliphatic carbocycles. The fourth-order valence-corrected chi connectivity index (χ4v) is 1.47. The maximum atomic E-state index is 5.71. The summed E-state index contributed by atoms with van der Waals surface area (Å²) in [7, 11) is 0. The fraction of sp³-hybridized carbons (Fsp3) is 0.727. The van der Waals surface area contributed by atoms with E-state index in [1.807, 2.05) is 4.68 Å². The number of aromatic nitrogens is 2. The summed E-state index contributed by atoms with van der Waals surface area (Å²) in [6.45, 7) is 11.3. The van der Waals surface area contributed by atoms with Gasteiger partial charge < -0.3 is 5.73 Å². The van der Waals surface area contributed by atoms with Gasteiger partial charge in [-0.05, 0) is 13.8 Å². The minimum Gasteiger partial charge on any atom is -0.326 e. The van der Waals surface area contributed by atoms with E-state index in [0.29, 0.717) is 12.6 Å². The molecule has 0 bridgehead atoms. The molecule has 3 nitrogen and oxygen atoms in total. The molecule has 0 aromatic carbocycles. The number of rotatable bonds is 2. The molecule has 1 aromatic rings. The van der Waals surface area contributed by atoms with Gasteiger partial charge in [0.2, 0.25) is 0 Å². The maximum absolute atomic E-state index is 5.71. The van der Waals surface area contributed by atoms with Gasteiger partial charge in [0.15, 0.2) is 0 Å². The first kappa shape index (κ1) is 11.2. The number of hydrogen-bond donors (Lipinski definition) is 1. The summed E-state index contributed by atoms with van der Waals surface area (Å²) in [5.74, 6) is 0. The molecule has 0 saturated heterocycles. The van der Waals surface area contributed by atoms with Crippen molar-refractivity contribution in [3.63, 3.8) is 0 Å². The molecule has 0 unspecified atom stereocenters. The fourth-order valence-electron chi connectivity index (χ4n) is 1.47. The van der Waals surface area contributed by atoms with E-state index in [9.17, 15) is 0 Å². The van der Waals surface area contributed by atoms with Gasteiger partial charge in [-0.15, -0.1) is 0 Å². The van der Waals surface area contributed by atoms with Crippen molar-refractivity contribution in [2.75, 3.05) is 0 Å². The molecule has 0 atom stereocenters. The molecule has 0 aliphatic rings. The summed E-state index contributed by atoms with van der Waals surface area (Å²) in [6, 6.07) is 0.399. The molecule has 1 heterocycles. The SMILES string of the molecule is CC(C)n1cc(CN)c(C(C)(C)C)n1. The quantitative estimate of drug-likeness (QED) is 0.786. The van der Waals surface area contributed by atoms with Gasteiger partial charge in [0, 0.05) is 29.8 Å². The lowest BCUT2D eigenvalue weighted by atomic mass is 9.90. The van der Waals surface area contributed by atoms with Crippen LogP contribution in [0.2, 0.25) is 0 Å². The standard InChI is InChI=1S/C11H21N3/c1-8(2)14-7-9(6-12)10(13-14)11(3,4)5/h7-8H,6,12H2,1-5H3. The van der Waals surface area contributed by atoms with Crippen molar-refractivity contribution in [3.8, 4) is 0 Å². The third kappa shape index (κ3) is 2.15. The van der Waals surface area contributed by atoms with Gasteiger partial charge >= 0.3 is 0 Å². The molecule has 0 fully saturated rings. The Labute approximate surface area is 86.3 Å². The zero-order valence-corrected chi connectivity index (χ0v) is 9.83. The van der Waals surface area contributed by atoms with E-state index in [-0.39, 0.29) is 5.41 Å². The van der Waals surface area contributed by atoms with E-state index in [1.54, 1.807) is 0 Å². The van der Waals surface area contributed by atoms with Crippen LogP contribution < -0.4 is 5.73 Å². The second kappa shape index (κ2) is 3.73. The first-order valence-electron chi connectivity index (χ1n) is 5.15. The van der Waals surface area contributed by atoms with Gasteiger partial charge in [-0.1, -0.05) is 20.8 Å². The topological polar surface area (TPSA) is 43.8 Å². The van der Waals surface area contributed by atoms with Crippen molar-refractivity contribution < 1.29 is 0 Å². The Bertz CT molecular complexity index is 305. The Morgan fingerprint density at radius 3 is 2.29 bits per heavy atom. The minimum atomic E-state index is 0.0782. The molecule has 0 radical (unpaired) electrons. The van der Waals surface area contributed by atoms with Crippen LogP contribution in [-0.4, -0.2) is 9.78 Å². The van der Waals surface area contributed by atoms with E-state index in [2.05, 4.69) is 45.9 Å². The van der Waals surface area contributed by atoms with Crippen LogP contribution in [0.4, 0.5) is 0 Å². The van der Waals surface area contributed by atoms with Gasteiger partial charge in [-0.25, -0.2) is 0 Å². The zero-order chi connectivity index (χ0) is 10.9. The first-order valence-corrected chi connectivity index (χ1v) is 5.15. The molecule has 1 aromatic heterocycles. The zero-order valence-electron chi connectivity index (χ0n) is 9.83. The van der Waals surface area contributed by atoms with Gasteiger partial charge in [0.1, 0.15) is 0 Å². The van der Waals surface area contributed by atoms with Gasteiger partial charge in [0.25, 0.3) is 0 Å². The molecule has 14 heavy (non-hydrogen) atoms. The van der Waals surface area contributed by atoms with Gasteiger partial charge in [-0.3, -0.25) is 4.68 Å². The van der Waals surface area contributed by atoms with E-state index in [4.69, 9.17) is 5.73 Å². The Morgan fingerprint density at radius 1 is 1.43 bits per heavy atom. The van der Waals surface area contributed by atoms with E-state index < -0.39 is 0 Å². The lowest BCUT2D eigenvalue weighted by molar-refractivity contribution is 0.494. The Kier molecular flexibility index (Phi) is 3.00. The van der Waals surface area contributed by atoms with Crippen LogP contribution in [0.1, 0.15) is 51.9 Å². The van der Waals surface area contributed by atoms with Crippen LogP contribution in [0.3, 0.4) is 0 Å². The van der Waals surface area contributed by atoms with E-state index in [0.717, 1.165) is 11.3 Å². The average molecular weight is 195 g/mol. The van der Waals surface area contributed by atoms with Crippen LogP contribution in [0.5, 0.6) is 0 Å². The number of nitrogens with two attached hydrogens (primary N) is 1. The molecule has 1 rings (SSSR count). The second-order valence-electron chi connectivity index (χ2n) is 5.03. The van der Waals surface area contributed by atoms with Crippen LogP contribution in [0.15, 0.2) is 6.20 Å². The lowest BCUT2D eigenvalue weighted by Crippen LogP contribution is -2.16. The summed E-state index contributed by atoms with van der Waals surface area (Å²) in [4.78, 5) is 0. The highest BCUT2D eigenvalue weighted by molar-refractivity contribution is 5.23. The lowest BCUT2D eigenvalue weighted by Gasteiger charge is -2.17. The van der Waals surface area contributed by atoms with Crippen molar-refractivity contribution in [1.29, 1.82) is 0 Å². The second-order valence-corrected chi connectivity index (χ2v) is 5.03. The molecule has 0 spiro atoms. The van der Waals surface area contributed by atoms with E-state index in [1.165, 1.54) is 0 Å². The van der Waals surface area contributed by atoms with Crippen molar-refractivity contribution in [2.45, 2.75) is 52.6 Å². The summed E-state index contributed by atoms with van der Waals surface area (Å²) in [5.41, 5.74) is 8.06. The molecule has 0 aliphatic heterocycles. The molecule has 0 amide bonds. The van der Waals surface area contributed by atoms with Crippen molar-refractivity contribution >= 4 is 0 Å². The number of nitrogens with zero attached hydrogens (tertiary/aromatic N) is 2. The molecule has 0 saturated carbocycles. The molecule has 3 heteroatoms. The van der Waals surface area contributed by atoms with Gasteiger partial charge in [0.05, 0.1) is 5.69 Å². The predicted octanol–water partition coefficient (Wildman–Crippen LogP) is 2.22. The number of hydrogen-bond acceptors (Lipinski definition) is 2. The Hall–Kier alpha value is -0.830. The van der Waals surface area contributed by atoms with Crippen molar-refractivity contribution in [1.82, 2.24) is 9.78 Å². The Balaban J connectivity index is 3.16. The molecular weight excluding hydrogens is 174 g/mol. The maximum Gasteiger partial charge on any atom is 0.0722 e. The highest BCUT2D eigenvalue weighted by Gasteiger charge is 2.21. The first-order chi connectivity index (χ1) is 6.36. The summed E-state index contributed by atoms with van der Waals surface area (Å²) < 4.78 is 1.99. The highest BCUT2D eigenvalue weighted by atomic mass is 15.3. The largest absolute Gasteiger partial charge is 0.326 e. The summed E-state index contributed by atoms with van der Waals surface area (Å²) >= 11 is 0. The van der Waals surface area contributed by atoms with Gasteiger partial charge in [-0.2, -0.15) is 5.10 Å². The minimum absolute atomic E-state index is 0.0782. The van der Waals surface area contributed by atoms with Crippen LogP contribution in [0, 0.1) is 0 Å². The smallest absolute Gasteiger partial charge is 0.0722 e. The van der Waals surface area contributed by atoms with Crippen molar-refractivity contribution in [2.24, 2.45) is 5.73 Å². The van der Waals surface area contributed by atoms with Crippen molar-refractivity contribution in [3.05, 3.63) is 17.5 Å². The third-order valence-corrected chi connectivity index (χ3v) is 2.27. The van der Waals surface area contributed by atoms with Crippen LogP contribution in [0.25, 0.3) is 0 Å². The average Bonchev–Trinajstić information content (AvgIpc) is 2.46. The van der Waals surface area contributed by atoms with Crippen LogP contribution >= 0.6 is 0 Å². The van der Waals surface area contributed by atoms with Crippen LogP contribution in [-0.2, 0) is 12.0 Å². The van der Waals surface area contributed by atoms with E-state index >= 15 is 0 Å².